The Morgan fingerprint density at radius 3 is 0.944 bits per heavy atom. The average Bonchev–Trinajstić information content (AvgIpc) is 3.27. The van der Waals surface area contributed by atoms with E-state index in [-0.39, 0.29) is 0 Å². The van der Waals surface area contributed by atoms with Crippen molar-refractivity contribution in [1.29, 1.82) is 0 Å². The first-order chi connectivity index (χ1) is 26.7. The summed E-state index contributed by atoms with van der Waals surface area (Å²) in [6.45, 7) is 0. The maximum atomic E-state index is 5.12. The summed E-state index contributed by atoms with van der Waals surface area (Å²) in [5, 5.41) is 0. The van der Waals surface area contributed by atoms with Gasteiger partial charge in [-0.2, -0.15) is 0 Å². The molecular formula is C51H35N3. The number of benzene rings is 7. The molecule has 0 aliphatic carbocycles. The van der Waals surface area contributed by atoms with Crippen molar-refractivity contribution >= 4 is 0 Å². The van der Waals surface area contributed by atoms with E-state index in [4.69, 9.17) is 15.0 Å². The molecule has 7 aromatic carbocycles. The van der Waals surface area contributed by atoms with Gasteiger partial charge in [0, 0.05) is 27.8 Å². The van der Waals surface area contributed by atoms with E-state index in [9.17, 15) is 0 Å². The van der Waals surface area contributed by atoms with Crippen LogP contribution in [0.4, 0.5) is 0 Å². The molecule has 0 radical (unpaired) electrons. The molecule has 0 saturated carbocycles. The van der Waals surface area contributed by atoms with Gasteiger partial charge in [-0.25, -0.2) is 15.0 Å². The van der Waals surface area contributed by atoms with Gasteiger partial charge in [-0.1, -0.05) is 188 Å². The summed E-state index contributed by atoms with van der Waals surface area (Å²) in [6, 6.07) is 74.0. The van der Waals surface area contributed by atoms with Crippen molar-refractivity contribution in [3.05, 3.63) is 212 Å². The topological polar surface area (TPSA) is 38.7 Å². The van der Waals surface area contributed by atoms with E-state index in [1.807, 2.05) is 42.5 Å². The van der Waals surface area contributed by atoms with Crippen LogP contribution in [0, 0.1) is 0 Å². The molecule has 9 rings (SSSR count). The third-order valence-electron chi connectivity index (χ3n) is 9.72. The second-order valence-electron chi connectivity index (χ2n) is 13.3. The van der Waals surface area contributed by atoms with Crippen molar-refractivity contribution < 1.29 is 0 Å². The Morgan fingerprint density at radius 2 is 0.500 bits per heavy atom. The molecule has 0 spiro atoms. The van der Waals surface area contributed by atoms with Gasteiger partial charge >= 0.3 is 0 Å². The van der Waals surface area contributed by atoms with E-state index in [0.717, 1.165) is 78.4 Å². The highest BCUT2D eigenvalue weighted by Gasteiger charge is 2.12. The first kappa shape index (κ1) is 32.7. The van der Waals surface area contributed by atoms with Crippen LogP contribution in [0.5, 0.6) is 0 Å². The lowest BCUT2D eigenvalue weighted by molar-refractivity contribution is 1.18. The molecule has 0 aliphatic rings. The fraction of sp³-hybridized carbons (Fsp3) is 0. The Labute approximate surface area is 316 Å². The predicted octanol–water partition coefficient (Wildman–Crippen LogP) is 13.2. The maximum absolute atomic E-state index is 5.12. The summed E-state index contributed by atoms with van der Waals surface area (Å²) in [4.78, 5) is 15.1. The van der Waals surface area contributed by atoms with Gasteiger partial charge in [0.25, 0.3) is 0 Å². The second-order valence-corrected chi connectivity index (χ2v) is 13.3. The zero-order valence-corrected chi connectivity index (χ0v) is 29.5. The molecule has 0 bridgehead atoms. The normalized spacial score (nSPS) is 11.0. The molecule has 254 valence electrons. The first-order valence-corrected chi connectivity index (χ1v) is 18.2. The monoisotopic (exact) mass is 689 g/mol. The van der Waals surface area contributed by atoms with Gasteiger partial charge in [-0.3, -0.25) is 0 Å². The Kier molecular flexibility index (Phi) is 8.94. The highest BCUT2D eigenvalue weighted by Crippen LogP contribution is 2.34. The van der Waals surface area contributed by atoms with Gasteiger partial charge in [-0.15, -0.1) is 0 Å². The van der Waals surface area contributed by atoms with Crippen molar-refractivity contribution in [3.8, 4) is 89.8 Å². The summed E-state index contributed by atoms with van der Waals surface area (Å²) in [5.74, 6) is 0.714. The molecule has 0 fully saturated rings. The highest BCUT2D eigenvalue weighted by molar-refractivity contribution is 5.80. The standard InChI is InChI=1S/C51H35N3/c1-5-14-36(15-6-1)46-33-47(39-16-7-2-8-17-39)52-48(34-46)41-28-24-37(25-29-41)44-22-13-23-45(32-44)38-26-30-42(31-27-38)50-35-49(40-18-9-3-10-19-40)53-51(54-50)43-20-11-4-12-21-43/h1-35H. The van der Waals surface area contributed by atoms with E-state index < -0.39 is 0 Å². The summed E-state index contributed by atoms with van der Waals surface area (Å²) in [6.07, 6.45) is 0. The minimum atomic E-state index is 0.714. The van der Waals surface area contributed by atoms with E-state index >= 15 is 0 Å². The van der Waals surface area contributed by atoms with E-state index in [1.165, 1.54) is 5.56 Å². The minimum absolute atomic E-state index is 0.714. The molecule has 3 heteroatoms. The van der Waals surface area contributed by atoms with Crippen molar-refractivity contribution in [1.82, 2.24) is 15.0 Å². The van der Waals surface area contributed by atoms with Gasteiger partial charge in [-0.05, 0) is 57.6 Å². The van der Waals surface area contributed by atoms with Gasteiger partial charge in [0.2, 0.25) is 0 Å². The van der Waals surface area contributed by atoms with Gasteiger partial charge < -0.3 is 0 Å². The summed E-state index contributed by atoms with van der Waals surface area (Å²) >= 11 is 0. The van der Waals surface area contributed by atoms with Gasteiger partial charge in [0.05, 0.1) is 22.8 Å². The number of pyridine rings is 1. The molecule has 2 heterocycles. The van der Waals surface area contributed by atoms with Crippen LogP contribution < -0.4 is 0 Å². The van der Waals surface area contributed by atoms with Gasteiger partial charge in [0.15, 0.2) is 5.82 Å². The van der Waals surface area contributed by atoms with Gasteiger partial charge in [0.1, 0.15) is 0 Å². The van der Waals surface area contributed by atoms with Crippen LogP contribution in [0.2, 0.25) is 0 Å². The van der Waals surface area contributed by atoms with Crippen LogP contribution in [0.3, 0.4) is 0 Å². The summed E-state index contributed by atoms with van der Waals surface area (Å²) in [7, 11) is 0. The number of aromatic nitrogens is 3. The van der Waals surface area contributed by atoms with Crippen molar-refractivity contribution in [2.75, 3.05) is 0 Å². The van der Waals surface area contributed by atoms with E-state index in [2.05, 4.69) is 170 Å². The SMILES string of the molecule is c1ccc(-c2cc(-c3ccccc3)nc(-c3ccc(-c4cccc(-c5ccc(-c6cc(-c7ccccc7)nc(-c7ccccc7)n6)cc5)c4)cc3)c2)cc1. The zero-order chi connectivity index (χ0) is 36.1. The molecule has 9 aromatic rings. The van der Waals surface area contributed by atoms with Crippen LogP contribution in [0.1, 0.15) is 0 Å². The number of hydrogen-bond donors (Lipinski definition) is 0. The van der Waals surface area contributed by atoms with E-state index in [0.29, 0.717) is 5.82 Å². The lowest BCUT2D eigenvalue weighted by atomic mass is 9.96. The lowest BCUT2D eigenvalue weighted by Gasteiger charge is -2.12. The Morgan fingerprint density at radius 1 is 0.185 bits per heavy atom. The third kappa shape index (κ3) is 6.99. The molecular weight excluding hydrogens is 655 g/mol. The van der Waals surface area contributed by atoms with Crippen LogP contribution in [-0.2, 0) is 0 Å². The summed E-state index contributed by atoms with van der Waals surface area (Å²) in [5.41, 5.74) is 15.9. The molecule has 54 heavy (non-hydrogen) atoms. The molecule has 0 amide bonds. The average molecular weight is 690 g/mol. The largest absolute Gasteiger partial charge is 0.248 e. The summed E-state index contributed by atoms with van der Waals surface area (Å²) < 4.78 is 0. The second kappa shape index (κ2) is 14.8. The first-order valence-electron chi connectivity index (χ1n) is 18.2. The van der Waals surface area contributed by atoms with Crippen LogP contribution in [0.25, 0.3) is 89.8 Å². The fourth-order valence-corrected chi connectivity index (χ4v) is 6.85. The number of nitrogens with zero attached hydrogens (tertiary/aromatic N) is 3. The lowest BCUT2D eigenvalue weighted by Crippen LogP contribution is -1.95. The molecule has 0 unspecified atom stereocenters. The fourth-order valence-electron chi connectivity index (χ4n) is 6.85. The number of hydrogen-bond acceptors (Lipinski definition) is 3. The minimum Gasteiger partial charge on any atom is -0.248 e. The molecule has 2 aromatic heterocycles. The van der Waals surface area contributed by atoms with Crippen molar-refractivity contribution in [2.24, 2.45) is 0 Å². The Balaban J connectivity index is 1.00. The molecule has 0 atom stereocenters. The van der Waals surface area contributed by atoms with Crippen molar-refractivity contribution in [3.63, 3.8) is 0 Å². The van der Waals surface area contributed by atoms with Crippen LogP contribution in [0.15, 0.2) is 212 Å². The predicted molar refractivity (Wildman–Crippen MR) is 223 cm³/mol. The Bertz CT molecular complexity index is 2350. The molecule has 0 N–H and O–H groups in total. The molecule has 3 nitrogen and oxygen atoms in total. The van der Waals surface area contributed by atoms with Crippen LogP contribution in [-0.4, -0.2) is 15.0 Å². The maximum Gasteiger partial charge on any atom is 0.160 e. The van der Waals surface area contributed by atoms with Crippen LogP contribution >= 0.6 is 0 Å². The molecule has 0 saturated heterocycles. The quantitative estimate of drug-likeness (QED) is 0.159. The third-order valence-corrected chi connectivity index (χ3v) is 9.72. The van der Waals surface area contributed by atoms with Crippen molar-refractivity contribution in [2.45, 2.75) is 0 Å². The highest BCUT2D eigenvalue weighted by atomic mass is 14.9. The molecule has 0 aliphatic heterocycles. The number of rotatable bonds is 8. The zero-order valence-electron chi connectivity index (χ0n) is 29.5. The smallest absolute Gasteiger partial charge is 0.160 e. The Hall–Kier alpha value is -7.23. The van der Waals surface area contributed by atoms with E-state index in [1.54, 1.807) is 0 Å².